The number of hydrogen-bond donors (Lipinski definition) is 3. The molecule has 100 valence electrons. The van der Waals surface area contributed by atoms with E-state index in [2.05, 4.69) is 0 Å². The molecular formula is C14H20ClNO2. The van der Waals surface area contributed by atoms with Gasteiger partial charge in [0.2, 0.25) is 0 Å². The van der Waals surface area contributed by atoms with Gasteiger partial charge in [-0.15, -0.1) is 0 Å². The Morgan fingerprint density at radius 2 is 1.89 bits per heavy atom. The van der Waals surface area contributed by atoms with Gasteiger partial charge >= 0.3 is 0 Å². The lowest BCUT2D eigenvalue weighted by molar-refractivity contribution is 0.0618. The van der Waals surface area contributed by atoms with Crippen LogP contribution in [0, 0.1) is 5.92 Å². The highest BCUT2D eigenvalue weighted by Crippen LogP contribution is 2.33. The Balaban J connectivity index is 2.09. The number of aliphatic hydroxyl groups excluding tert-OH is 1. The largest absolute Gasteiger partial charge is 0.506 e. The summed E-state index contributed by atoms with van der Waals surface area (Å²) in [4.78, 5) is 0. The molecule has 0 heterocycles. The average molecular weight is 270 g/mol. The number of phenolic OH excluding ortho intramolecular Hbond substituents is 1. The molecule has 1 aromatic carbocycles. The maximum atomic E-state index is 10.3. The van der Waals surface area contributed by atoms with Crippen LogP contribution < -0.4 is 5.73 Å². The lowest BCUT2D eigenvalue weighted by atomic mass is 9.81. The van der Waals surface area contributed by atoms with Crippen molar-refractivity contribution in [1.82, 2.24) is 0 Å². The smallest absolute Gasteiger partial charge is 0.134 e. The van der Waals surface area contributed by atoms with Crippen LogP contribution >= 0.6 is 11.6 Å². The van der Waals surface area contributed by atoms with E-state index in [4.69, 9.17) is 17.3 Å². The zero-order valence-corrected chi connectivity index (χ0v) is 11.1. The highest BCUT2D eigenvalue weighted by molar-refractivity contribution is 6.32. The first-order valence-electron chi connectivity index (χ1n) is 6.51. The predicted octanol–water partition coefficient (Wildman–Crippen LogP) is 2.99. The van der Waals surface area contributed by atoms with Gasteiger partial charge in [0.15, 0.2) is 0 Å². The van der Waals surface area contributed by atoms with Crippen LogP contribution in [0.2, 0.25) is 5.02 Å². The molecule has 2 rings (SSSR count). The van der Waals surface area contributed by atoms with Gasteiger partial charge in [0.1, 0.15) is 5.75 Å². The molecule has 0 radical (unpaired) electrons. The summed E-state index contributed by atoms with van der Waals surface area (Å²) in [5.41, 5.74) is 6.87. The van der Waals surface area contributed by atoms with Crippen LogP contribution in [0.25, 0.3) is 0 Å². The van der Waals surface area contributed by atoms with Crippen LogP contribution in [-0.4, -0.2) is 16.3 Å². The first-order valence-corrected chi connectivity index (χ1v) is 6.89. The van der Waals surface area contributed by atoms with Crippen LogP contribution in [0.1, 0.15) is 43.7 Å². The average Bonchev–Trinajstić information content (AvgIpc) is 2.41. The van der Waals surface area contributed by atoms with Gasteiger partial charge in [-0.05, 0) is 36.5 Å². The summed E-state index contributed by atoms with van der Waals surface area (Å²) in [6.45, 7) is 0. The Morgan fingerprint density at radius 1 is 1.22 bits per heavy atom. The van der Waals surface area contributed by atoms with Gasteiger partial charge in [-0.1, -0.05) is 36.9 Å². The van der Waals surface area contributed by atoms with E-state index < -0.39 is 12.1 Å². The number of rotatable bonds is 3. The second kappa shape index (κ2) is 5.91. The normalized spacial score (nSPS) is 20.6. The molecule has 1 fully saturated rings. The maximum absolute atomic E-state index is 10.3. The van der Waals surface area contributed by atoms with E-state index >= 15 is 0 Å². The van der Waals surface area contributed by atoms with E-state index in [9.17, 15) is 10.2 Å². The number of benzene rings is 1. The van der Waals surface area contributed by atoms with Crippen molar-refractivity contribution in [2.45, 2.75) is 44.2 Å². The third-order valence-electron chi connectivity index (χ3n) is 3.86. The van der Waals surface area contributed by atoms with Gasteiger partial charge < -0.3 is 15.9 Å². The fraction of sp³-hybridized carbons (Fsp3) is 0.571. The number of halogens is 1. The Morgan fingerprint density at radius 3 is 2.50 bits per heavy atom. The van der Waals surface area contributed by atoms with Crippen molar-refractivity contribution < 1.29 is 10.2 Å². The molecule has 4 N–H and O–H groups in total. The molecule has 4 heteroatoms. The second-order valence-corrected chi connectivity index (χ2v) is 5.53. The zero-order chi connectivity index (χ0) is 13.1. The highest BCUT2D eigenvalue weighted by Gasteiger charge is 2.27. The summed E-state index contributed by atoms with van der Waals surface area (Å²) >= 11 is 5.86. The summed E-state index contributed by atoms with van der Waals surface area (Å²) < 4.78 is 0. The summed E-state index contributed by atoms with van der Waals surface area (Å²) in [7, 11) is 0. The molecule has 0 aliphatic heterocycles. The zero-order valence-electron chi connectivity index (χ0n) is 10.3. The molecular weight excluding hydrogens is 250 g/mol. The highest BCUT2D eigenvalue weighted by atomic mass is 35.5. The SMILES string of the molecule is N[C@@H](c1ccc(O)c(Cl)c1)[C@H](O)C1CCCCC1. The fourth-order valence-electron chi connectivity index (χ4n) is 2.70. The molecule has 1 aliphatic rings. The third-order valence-corrected chi connectivity index (χ3v) is 4.16. The summed E-state index contributed by atoms with van der Waals surface area (Å²) in [6, 6.07) is 4.43. The van der Waals surface area contributed by atoms with Gasteiger partial charge in [0.25, 0.3) is 0 Å². The lowest BCUT2D eigenvalue weighted by Gasteiger charge is -2.30. The lowest BCUT2D eigenvalue weighted by Crippen LogP contribution is -2.34. The van der Waals surface area contributed by atoms with E-state index in [0.29, 0.717) is 0 Å². The van der Waals surface area contributed by atoms with Crippen molar-refractivity contribution in [1.29, 1.82) is 0 Å². The predicted molar refractivity (Wildman–Crippen MR) is 72.6 cm³/mol. The number of phenols is 1. The first-order chi connectivity index (χ1) is 8.59. The first kappa shape index (κ1) is 13.7. The minimum Gasteiger partial charge on any atom is -0.506 e. The van der Waals surface area contributed by atoms with Crippen molar-refractivity contribution in [2.75, 3.05) is 0 Å². The van der Waals surface area contributed by atoms with Gasteiger partial charge in [-0.2, -0.15) is 0 Å². The van der Waals surface area contributed by atoms with Crippen LogP contribution in [-0.2, 0) is 0 Å². The van der Waals surface area contributed by atoms with Crippen LogP contribution in [0.3, 0.4) is 0 Å². The summed E-state index contributed by atoms with van der Waals surface area (Å²) in [5, 5.41) is 20.0. The van der Waals surface area contributed by atoms with E-state index in [-0.39, 0.29) is 16.7 Å². The summed E-state index contributed by atoms with van der Waals surface area (Å²) in [5.74, 6) is 0.320. The molecule has 0 unspecified atom stereocenters. The third kappa shape index (κ3) is 2.97. The number of hydrogen-bond acceptors (Lipinski definition) is 3. The molecule has 0 aromatic heterocycles. The van der Waals surface area contributed by atoms with Gasteiger partial charge in [-0.25, -0.2) is 0 Å². The summed E-state index contributed by atoms with van der Waals surface area (Å²) in [6.07, 6.45) is 5.14. The standard InChI is InChI=1S/C14H20ClNO2/c15-11-8-10(6-7-12(11)17)13(16)14(18)9-4-2-1-3-5-9/h6-9,13-14,17-18H,1-5,16H2/t13-,14+/m0/s1. The fourth-order valence-corrected chi connectivity index (χ4v) is 2.89. The Labute approximate surface area is 113 Å². The Kier molecular flexibility index (Phi) is 4.49. The molecule has 1 aliphatic carbocycles. The molecule has 2 atom stereocenters. The van der Waals surface area contributed by atoms with E-state index in [0.717, 1.165) is 18.4 Å². The molecule has 1 aromatic rings. The number of nitrogens with two attached hydrogens (primary N) is 1. The topological polar surface area (TPSA) is 66.5 Å². The molecule has 0 amide bonds. The van der Waals surface area contributed by atoms with Crippen molar-refractivity contribution in [3.63, 3.8) is 0 Å². The Hall–Kier alpha value is -0.770. The van der Waals surface area contributed by atoms with Crippen molar-refractivity contribution in [3.8, 4) is 5.75 Å². The second-order valence-electron chi connectivity index (χ2n) is 5.13. The minimum absolute atomic E-state index is 0.0415. The van der Waals surface area contributed by atoms with Crippen molar-refractivity contribution in [2.24, 2.45) is 11.7 Å². The monoisotopic (exact) mass is 269 g/mol. The van der Waals surface area contributed by atoms with Crippen molar-refractivity contribution in [3.05, 3.63) is 28.8 Å². The Bertz CT molecular complexity index is 405. The maximum Gasteiger partial charge on any atom is 0.134 e. The van der Waals surface area contributed by atoms with Crippen molar-refractivity contribution >= 4 is 11.6 Å². The van der Waals surface area contributed by atoms with Gasteiger partial charge in [-0.3, -0.25) is 0 Å². The molecule has 1 saturated carbocycles. The molecule has 18 heavy (non-hydrogen) atoms. The van der Waals surface area contributed by atoms with E-state index in [1.807, 2.05) is 0 Å². The van der Waals surface area contributed by atoms with Crippen LogP contribution in [0.15, 0.2) is 18.2 Å². The molecule has 3 nitrogen and oxygen atoms in total. The van der Waals surface area contributed by atoms with Crippen LogP contribution in [0.5, 0.6) is 5.75 Å². The molecule has 0 bridgehead atoms. The van der Waals surface area contributed by atoms with Gasteiger partial charge in [0.05, 0.1) is 17.2 Å². The molecule has 0 spiro atoms. The van der Waals surface area contributed by atoms with E-state index in [1.54, 1.807) is 12.1 Å². The van der Waals surface area contributed by atoms with Gasteiger partial charge in [0, 0.05) is 0 Å². The molecule has 0 saturated heterocycles. The number of aliphatic hydroxyl groups is 1. The number of aromatic hydroxyl groups is 1. The quantitative estimate of drug-likeness (QED) is 0.790. The van der Waals surface area contributed by atoms with Crippen LogP contribution in [0.4, 0.5) is 0 Å². The minimum atomic E-state index is -0.536. The van der Waals surface area contributed by atoms with E-state index in [1.165, 1.54) is 25.3 Å².